The number of hydrogen-bond donors (Lipinski definition) is 1. The van der Waals surface area contributed by atoms with Gasteiger partial charge in [-0.05, 0) is 31.5 Å². The van der Waals surface area contributed by atoms with Gasteiger partial charge in [0.15, 0.2) is 11.5 Å². The molecule has 0 aliphatic carbocycles. The number of hydrogen-bond acceptors (Lipinski definition) is 3. The van der Waals surface area contributed by atoms with Crippen molar-refractivity contribution in [3.8, 4) is 11.5 Å². The number of nitrogens with two attached hydrogens (primary N) is 1. The Balaban J connectivity index is 2.47. The molecule has 1 aliphatic rings. The largest absolute Gasteiger partial charge is 0.486 e. The molecule has 1 heterocycles. The molecule has 3 nitrogen and oxygen atoms in total. The lowest BCUT2D eigenvalue weighted by molar-refractivity contribution is 0.170. The topological polar surface area (TPSA) is 44.5 Å². The van der Waals surface area contributed by atoms with Crippen molar-refractivity contribution in [1.82, 2.24) is 0 Å². The van der Waals surface area contributed by atoms with E-state index in [0.29, 0.717) is 19.8 Å². The predicted octanol–water partition coefficient (Wildman–Crippen LogP) is 2.03. The van der Waals surface area contributed by atoms with E-state index < -0.39 is 0 Å². The fraction of sp³-hybridized carbons (Fsp3) is 0.455. The van der Waals surface area contributed by atoms with Crippen molar-refractivity contribution >= 4 is 15.9 Å². The van der Waals surface area contributed by atoms with Crippen molar-refractivity contribution in [1.29, 1.82) is 0 Å². The Bertz CT molecular complexity index is 379. The van der Waals surface area contributed by atoms with Crippen LogP contribution in [0.25, 0.3) is 0 Å². The molecule has 1 aromatic rings. The minimum Gasteiger partial charge on any atom is -0.486 e. The Hall–Kier alpha value is -0.740. The first-order valence-corrected chi connectivity index (χ1v) is 5.81. The van der Waals surface area contributed by atoms with Crippen LogP contribution in [0.4, 0.5) is 0 Å². The van der Waals surface area contributed by atoms with E-state index in [-0.39, 0.29) is 0 Å². The Morgan fingerprint density at radius 3 is 2.87 bits per heavy atom. The second-order valence-corrected chi connectivity index (χ2v) is 4.33. The summed E-state index contributed by atoms with van der Waals surface area (Å²) in [5.74, 6) is 1.69. The van der Waals surface area contributed by atoms with Gasteiger partial charge in [0.25, 0.3) is 0 Å². The summed E-state index contributed by atoms with van der Waals surface area (Å²) in [7, 11) is 0. The molecule has 1 aliphatic heterocycles. The van der Waals surface area contributed by atoms with Gasteiger partial charge in [-0.1, -0.05) is 15.9 Å². The van der Waals surface area contributed by atoms with Gasteiger partial charge in [-0.3, -0.25) is 0 Å². The van der Waals surface area contributed by atoms with Crippen molar-refractivity contribution in [3.63, 3.8) is 0 Å². The molecule has 15 heavy (non-hydrogen) atoms. The Morgan fingerprint density at radius 1 is 1.40 bits per heavy atom. The summed E-state index contributed by atoms with van der Waals surface area (Å²) in [6.45, 7) is 3.90. The molecule has 0 unspecified atom stereocenters. The van der Waals surface area contributed by atoms with Crippen LogP contribution in [0.3, 0.4) is 0 Å². The van der Waals surface area contributed by atoms with Gasteiger partial charge >= 0.3 is 0 Å². The quantitative estimate of drug-likeness (QED) is 0.895. The lowest BCUT2D eigenvalue weighted by atomic mass is 10.1. The summed E-state index contributed by atoms with van der Waals surface area (Å²) >= 11 is 3.57. The minimum atomic E-state index is 0.621. The molecule has 1 aromatic carbocycles. The molecule has 4 heteroatoms. The summed E-state index contributed by atoms with van der Waals surface area (Å²) in [5, 5.41) is 0. The smallest absolute Gasteiger partial charge is 0.165 e. The van der Waals surface area contributed by atoms with E-state index >= 15 is 0 Å². The van der Waals surface area contributed by atoms with Gasteiger partial charge in [-0.25, -0.2) is 0 Å². The Labute approximate surface area is 97.7 Å². The fourth-order valence-electron chi connectivity index (χ4n) is 1.73. The van der Waals surface area contributed by atoms with Crippen LogP contribution in [0.5, 0.6) is 11.5 Å². The van der Waals surface area contributed by atoms with Gasteiger partial charge in [-0.15, -0.1) is 0 Å². The predicted molar refractivity (Wildman–Crippen MR) is 62.6 cm³/mol. The minimum absolute atomic E-state index is 0.621. The van der Waals surface area contributed by atoms with E-state index in [2.05, 4.69) is 15.9 Å². The molecule has 2 N–H and O–H groups in total. The zero-order chi connectivity index (χ0) is 10.8. The van der Waals surface area contributed by atoms with E-state index in [9.17, 15) is 0 Å². The zero-order valence-corrected chi connectivity index (χ0v) is 10.3. The van der Waals surface area contributed by atoms with Crippen molar-refractivity contribution < 1.29 is 9.47 Å². The second-order valence-electron chi connectivity index (χ2n) is 3.54. The van der Waals surface area contributed by atoms with E-state index in [4.69, 9.17) is 15.2 Å². The molecule has 0 saturated carbocycles. The molecular formula is C11H14BrNO2. The first-order valence-electron chi connectivity index (χ1n) is 5.01. The van der Waals surface area contributed by atoms with Crippen molar-refractivity contribution in [3.05, 3.63) is 21.7 Å². The molecule has 0 bridgehead atoms. The molecule has 82 valence electrons. The molecule has 2 rings (SSSR count). The molecule has 0 saturated heterocycles. The average Bonchev–Trinajstić information content (AvgIpc) is 2.26. The van der Waals surface area contributed by atoms with Crippen LogP contribution in [0, 0.1) is 6.92 Å². The molecule has 0 fully saturated rings. The maximum atomic E-state index is 5.58. The highest BCUT2D eigenvalue weighted by Gasteiger charge is 2.18. The third kappa shape index (κ3) is 1.96. The molecular weight excluding hydrogens is 258 g/mol. The van der Waals surface area contributed by atoms with Gasteiger partial charge in [0, 0.05) is 10.0 Å². The summed E-state index contributed by atoms with van der Waals surface area (Å²) in [6.07, 6.45) is 0.845. The van der Waals surface area contributed by atoms with Crippen LogP contribution in [-0.2, 0) is 6.42 Å². The summed E-state index contributed by atoms with van der Waals surface area (Å²) in [4.78, 5) is 0. The van der Waals surface area contributed by atoms with E-state index in [1.54, 1.807) is 0 Å². The molecule has 0 amide bonds. The standard InChI is InChI=1S/C11H14BrNO2/c1-7-10(12)8(2-3-13)6-9-11(7)15-5-4-14-9/h6H,2-5,13H2,1H3. The lowest BCUT2D eigenvalue weighted by Crippen LogP contribution is -2.17. The van der Waals surface area contributed by atoms with Gasteiger partial charge in [0.2, 0.25) is 0 Å². The van der Waals surface area contributed by atoms with Gasteiger partial charge < -0.3 is 15.2 Å². The van der Waals surface area contributed by atoms with Crippen LogP contribution < -0.4 is 15.2 Å². The van der Waals surface area contributed by atoms with Crippen molar-refractivity contribution in [2.24, 2.45) is 5.73 Å². The SMILES string of the molecule is Cc1c(Br)c(CCN)cc2c1OCCO2. The summed E-state index contributed by atoms with van der Waals surface area (Å²) in [5.41, 5.74) is 7.84. The second kappa shape index (κ2) is 4.41. The van der Waals surface area contributed by atoms with Crippen LogP contribution in [0.15, 0.2) is 10.5 Å². The van der Waals surface area contributed by atoms with E-state index in [1.165, 1.54) is 5.56 Å². The molecule has 0 spiro atoms. The molecule has 0 aromatic heterocycles. The summed E-state index contributed by atoms with van der Waals surface area (Å²) in [6, 6.07) is 2.01. The third-order valence-corrected chi connectivity index (χ3v) is 3.59. The van der Waals surface area contributed by atoms with E-state index in [0.717, 1.165) is 28.0 Å². The number of halogens is 1. The van der Waals surface area contributed by atoms with Crippen LogP contribution in [0.1, 0.15) is 11.1 Å². The number of rotatable bonds is 2. The normalized spacial score (nSPS) is 14.1. The van der Waals surface area contributed by atoms with Gasteiger partial charge in [-0.2, -0.15) is 0 Å². The number of benzene rings is 1. The summed E-state index contributed by atoms with van der Waals surface area (Å²) < 4.78 is 12.2. The zero-order valence-electron chi connectivity index (χ0n) is 8.68. The maximum absolute atomic E-state index is 5.58. The maximum Gasteiger partial charge on any atom is 0.165 e. The van der Waals surface area contributed by atoms with Crippen molar-refractivity contribution in [2.45, 2.75) is 13.3 Å². The number of ether oxygens (including phenoxy) is 2. The Kier molecular flexibility index (Phi) is 3.17. The van der Waals surface area contributed by atoms with Crippen molar-refractivity contribution in [2.75, 3.05) is 19.8 Å². The van der Waals surface area contributed by atoms with Crippen LogP contribution >= 0.6 is 15.9 Å². The highest BCUT2D eigenvalue weighted by molar-refractivity contribution is 9.10. The first kappa shape index (κ1) is 10.8. The molecule has 0 radical (unpaired) electrons. The van der Waals surface area contributed by atoms with Gasteiger partial charge in [0.1, 0.15) is 13.2 Å². The van der Waals surface area contributed by atoms with E-state index in [1.807, 2.05) is 13.0 Å². The van der Waals surface area contributed by atoms with Crippen LogP contribution in [-0.4, -0.2) is 19.8 Å². The number of fused-ring (bicyclic) bond motifs is 1. The highest BCUT2D eigenvalue weighted by Crippen LogP contribution is 2.40. The highest BCUT2D eigenvalue weighted by atomic mass is 79.9. The lowest BCUT2D eigenvalue weighted by Gasteiger charge is -2.22. The average molecular weight is 272 g/mol. The van der Waals surface area contributed by atoms with Crippen LogP contribution in [0.2, 0.25) is 0 Å². The van der Waals surface area contributed by atoms with Gasteiger partial charge in [0.05, 0.1) is 0 Å². The molecule has 0 atom stereocenters. The Morgan fingerprint density at radius 2 is 2.13 bits per heavy atom. The monoisotopic (exact) mass is 271 g/mol. The fourth-order valence-corrected chi connectivity index (χ4v) is 2.22. The third-order valence-electron chi connectivity index (χ3n) is 2.48. The first-order chi connectivity index (χ1) is 7.24.